The highest BCUT2D eigenvalue weighted by molar-refractivity contribution is 5.35. The van der Waals surface area contributed by atoms with Crippen molar-refractivity contribution in [3.63, 3.8) is 0 Å². The summed E-state index contributed by atoms with van der Waals surface area (Å²) in [6.07, 6.45) is 0. The van der Waals surface area contributed by atoms with Gasteiger partial charge in [0, 0.05) is 6.07 Å². The SMILES string of the molecule is [CH2]c1ccc(F)cc1OC. The normalized spacial score (nSPS) is 9.50. The minimum atomic E-state index is -0.302. The highest BCUT2D eigenvalue weighted by atomic mass is 19.1. The Bertz CT molecular complexity index is 233. The highest BCUT2D eigenvalue weighted by Crippen LogP contribution is 2.17. The summed E-state index contributed by atoms with van der Waals surface area (Å²) in [5.41, 5.74) is 0.698. The quantitative estimate of drug-likeness (QED) is 0.578. The number of ether oxygens (including phenoxy) is 1. The Morgan fingerprint density at radius 2 is 2.20 bits per heavy atom. The predicted octanol–water partition coefficient (Wildman–Crippen LogP) is 2.02. The van der Waals surface area contributed by atoms with E-state index in [4.69, 9.17) is 4.74 Å². The Hall–Kier alpha value is -1.05. The zero-order valence-corrected chi connectivity index (χ0v) is 5.73. The molecule has 0 spiro atoms. The van der Waals surface area contributed by atoms with Gasteiger partial charge in [0.05, 0.1) is 7.11 Å². The number of benzene rings is 1. The summed E-state index contributed by atoms with van der Waals surface area (Å²) in [4.78, 5) is 0. The van der Waals surface area contributed by atoms with E-state index in [2.05, 4.69) is 6.92 Å². The first-order chi connectivity index (χ1) is 4.74. The van der Waals surface area contributed by atoms with Crippen molar-refractivity contribution in [1.29, 1.82) is 0 Å². The van der Waals surface area contributed by atoms with E-state index in [0.717, 1.165) is 0 Å². The second kappa shape index (κ2) is 2.69. The zero-order valence-electron chi connectivity index (χ0n) is 5.73. The summed E-state index contributed by atoms with van der Waals surface area (Å²) in [7, 11) is 1.49. The monoisotopic (exact) mass is 139 g/mol. The lowest BCUT2D eigenvalue weighted by Gasteiger charge is -2.01. The lowest BCUT2D eigenvalue weighted by molar-refractivity contribution is 0.409. The summed E-state index contributed by atoms with van der Waals surface area (Å²) < 4.78 is 17.2. The van der Waals surface area contributed by atoms with E-state index in [-0.39, 0.29) is 5.82 Å². The third-order valence-electron chi connectivity index (χ3n) is 1.25. The van der Waals surface area contributed by atoms with E-state index in [0.29, 0.717) is 11.3 Å². The molecule has 1 radical (unpaired) electrons. The Morgan fingerprint density at radius 1 is 1.50 bits per heavy atom. The van der Waals surface area contributed by atoms with Crippen molar-refractivity contribution in [3.05, 3.63) is 36.5 Å². The van der Waals surface area contributed by atoms with Crippen molar-refractivity contribution < 1.29 is 9.13 Å². The van der Waals surface area contributed by atoms with E-state index in [9.17, 15) is 4.39 Å². The maximum absolute atomic E-state index is 12.4. The third-order valence-corrected chi connectivity index (χ3v) is 1.25. The lowest BCUT2D eigenvalue weighted by Crippen LogP contribution is -1.87. The second-order valence-corrected chi connectivity index (χ2v) is 1.96. The van der Waals surface area contributed by atoms with Crippen LogP contribution in [0.4, 0.5) is 4.39 Å². The summed E-state index contributed by atoms with van der Waals surface area (Å²) in [6, 6.07) is 4.24. The fraction of sp³-hybridized carbons (Fsp3) is 0.125. The maximum atomic E-state index is 12.4. The molecule has 0 atom stereocenters. The number of halogens is 1. The smallest absolute Gasteiger partial charge is 0.126 e. The van der Waals surface area contributed by atoms with Crippen LogP contribution in [0.15, 0.2) is 18.2 Å². The van der Waals surface area contributed by atoms with Crippen LogP contribution in [0, 0.1) is 12.7 Å². The van der Waals surface area contributed by atoms with Crippen molar-refractivity contribution in [2.45, 2.75) is 0 Å². The van der Waals surface area contributed by atoms with Gasteiger partial charge in [-0.1, -0.05) is 6.07 Å². The van der Waals surface area contributed by atoms with Gasteiger partial charge in [0.25, 0.3) is 0 Å². The molecule has 1 rings (SSSR count). The molecule has 0 aliphatic carbocycles. The van der Waals surface area contributed by atoms with Crippen molar-refractivity contribution in [3.8, 4) is 5.75 Å². The molecular weight excluding hydrogens is 131 g/mol. The molecule has 1 nitrogen and oxygen atoms in total. The van der Waals surface area contributed by atoms with Crippen LogP contribution >= 0.6 is 0 Å². The minimum absolute atomic E-state index is 0.302. The standard InChI is InChI=1S/C8H8FO/c1-6-3-4-7(9)5-8(6)10-2/h3-5H,1H2,2H3. The molecule has 0 amide bonds. The Balaban J connectivity index is 3.09. The summed E-state index contributed by atoms with van der Waals surface area (Å²) >= 11 is 0. The van der Waals surface area contributed by atoms with Gasteiger partial charge < -0.3 is 4.74 Å². The maximum Gasteiger partial charge on any atom is 0.126 e. The summed E-state index contributed by atoms with van der Waals surface area (Å²) in [5, 5.41) is 0. The van der Waals surface area contributed by atoms with Crippen LogP contribution in [0.25, 0.3) is 0 Å². The van der Waals surface area contributed by atoms with Gasteiger partial charge >= 0.3 is 0 Å². The van der Waals surface area contributed by atoms with Gasteiger partial charge in [0.2, 0.25) is 0 Å². The van der Waals surface area contributed by atoms with Crippen LogP contribution in [0.1, 0.15) is 5.56 Å². The zero-order chi connectivity index (χ0) is 7.56. The van der Waals surface area contributed by atoms with Crippen LogP contribution in [-0.4, -0.2) is 7.11 Å². The van der Waals surface area contributed by atoms with Crippen molar-refractivity contribution in [1.82, 2.24) is 0 Å². The van der Waals surface area contributed by atoms with Gasteiger partial charge in [-0.05, 0) is 18.6 Å². The van der Waals surface area contributed by atoms with Crippen LogP contribution in [0.5, 0.6) is 5.75 Å². The van der Waals surface area contributed by atoms with E-state index >= 15 is 0 Å². The number of rotatable bonds is 1. The van der Waals surface area contributed by atoms with Crippen LogP contribution in [0.2, 0.25) is 0 Å². The van der Waals surface area contributed by atoms with Gasteiger partial charge in [0.15, 0.2) is 0 Å². The van der Waals surface area contributed by atoms with E-state index < -0.39 is 0 Å². The average molecular weight is 139 g/mol. The van der Waals surface area contributed by atoms with Crippen LogP contribution in [0.3, 0.4) is 0 Å². The Kier molecular flexibility index (Phi) is 1.90. The molecule has 1 aromatic carbocycles. The third kappa shape index (κ3) is 1.26. The van der Waals surface area contributed by atoms with E-state index in [1.54, 1.807) is 6.07 Å². The van der Waals surface area contributed by atoms with Crippen LogP contribution in [-0.2, 0) is 0 Å². The molecule has 0 saturated carbocycles. The van der Waals surface area contributed by atoms with Gasteiger partial charge in [-0.3, -0.25) is 0 Å². The molecule has 2 heteroatoms. The molecule has 0 heterocycles. The minimum Gasteiger partial charge on any atom is -0.496 e. The second-order valence-electron chi connectivity index (χ2n) is 1.96. The van der Waals surface area contributed by atoms with E-state index in [1.165, 1.54) is 19.2 Å². The van der Waals surface area contributed by atoms with Gasteiger partial charge in [0.1, 0.15) is 11.6 Å². The highest BCUT2D eigenvalue weighted by Gasteiger charge is 1.97. The fourth-order valence-corrected chi connectivity index (χ4v) is 0.718. The average Bonchev–Trinajstić information content (AvgIpc) is 1.94. The Morgan fingerprint density at radius 3 is 2.70 bits per heavy atom. The molecule has 0 bridgehead atoms. The van der Waals surface area contributed by atoms with Crippen molar-refractivity contribution in [2.24, 2.45) is 0 Å². The first-order valence-corrected chi connectivity index (χ1v) is 2.89. The molecule has 0 unspecified atom stereocenters. The molecule has 53 valence electrons. The molecular formula is C8H8FO. The van der Waals surface area contributed by atoms with Crippen LogP contribution < -0.4 is 4.74 Å². The van der Waals surface area contributed by atoms with Gasteiger partial charge in [-0.2, -0.15) is 0 Å². The summed E-state index contributed by atoms with van der Waals surface area (Å²) in [6.45, 7) is 3.64. The Labute approximate surface area is 59.4 Å². The first-order valence-electron chi connectivity index (χ1n) is 2.89. The molecule has 10 heavy (non-hydrogen) atoms. The number of hydrogen-bond donors (Lipinski definition) is 0. The van der Waals surface area contributed by atoms with E-state index in [1.807, 2.05) is 0 Å². The predicted molar refractivity (Wildman–Crippen MR) is 37.4 cm³/mol. The van der Waals surface area contributed by atoms with Gasteiger partial charge in [-0.25, -0.2) is 4.39 Å². The molecule has 0 aliphatic rings. The fourth-order valence-electron chi connectivity index (χ4n) is 0.718. The molecule has 0 N–H and O–H groups in total. The van der Waals surface area contributed by atoms with Gasteiger partial charge in [-0.15, -0.1) is 0 Å². The summed E-state index contributed by atoms with van der Waals surface area (Å²) in [5.74, 6) is 0.184. The van der Waals surface area contributed by atoms with Crippen molar-refractivity contribution in [2.75, 3.05) is 7.11 Å². The molecule has 0 aliphatic heterocycles. The largest absolute Gasteiger partial charge is 0.496 e. The number of hydrogen-bond acceptors (Lipinski definition) is 1. The molecule has 0 aromatic heterocycles. The van der Waals surface area contributed by atoms with Crippen molar-refractivity contribution >= 4 is 0 Å². The topological polar surface area (TPSA) is 9.23 Å². The lowest BCUT2D eigenvalue weighted by atomic mass is 10.2. The first kappa shape index (κ1) is 7.06. The molecule has 0 fully saturated rings. The number of methoxy groups -OCH3 is 1. The molecule has 1 aromatic rings. The molecule has 0 saturated heterocycles.